The van der Waals surface area contributed by atoms with E-state index in [4.69, 9.17) is 9.47 Å². The van der Waals surface area contributed by atoms with Gasteiger partial charge in [-0.05, 0) is 37.1 Å². The number of hydrogen-bond acceptors (Lipinski definition) is 6. The van der Waals surface area contributed by atoms with Gasteiger partial charge >= 0.3 is 0 Å². The first-order valence-corrected chi connectivity index (χ1v) is 10.6. The number of carbonyl (C=O) groups excluding carboxylic acids is 1. The lowest BCUT2D eigenvalue weighted by atomic mass is 10.2. The number of benzene rings is 1. The fourth-order valence-electron chi connectivity index (χ4n) is 3.41. The van der Waals surface area contributed by atoms with Gasteiger partial charge in [-0.15, -0.1) is 0 Å². The summed E-state index contributed by atoms with van der Waals surface area (Å²) in [6, 6.07) is 9.25. The highest BCUT2D eigenvalue weighted by Crippen LogP contribution is 2.34. The maximum absolute atomic E-state index is 13.1. The van der Waals surface area contributed by atoms with E-state index in [2.05, 4.69) is 10.3 Å². The molecule has 2 aliphatic heterocycles. The molecule has 4 rings (SSSR count). The van der Waals surface area contributed by atoms with Crippen molar-refractivity contribution in [1.29, 1.82) is 0 Å². The molecule has 1 aromatic carbocycles. The number of pyridine rings is 1. The van der Waals surface area contributed by atoms with Crippen LogP contribution in [0.1, 0.15) is 18.5 Å². The summed E-state index contributed by atoms with van der Waals surface area (Å²) in [5.41, 5.74) is 0.718. The molecule has 3 heterocycles. The van der Waals surface area contributed by atoms with Crippen LogP contribution in [0.2, 0.25) is 0 Å². The lowest BCUT2D eigenvalue weighted by molar-refractivity contribution is -0.124. The van der Waals surface area contributed by atoms with Crippen LogP contribution >= 0.6 is 0 Å². The van der Waals surface area contributed by atoms with Gasteiger partial charge in [0.05, 0.1) is 17.1 Å². The van der Waals surface area contributed by atoms with Crippen LogP contribution < -0.4 is 14.8 Å². The van der Waals surface area contributed by atoms with E-state index in [0.29, 0.717) is 44.1 Å². The van der Waals surface area contributed by atoms with Crippen LogP contribution in [0.5, 0.6) is 11.5 Å². The van der Waals surface area contributed by atoms with Crippen molar-refractivity contribution in [2.75, 3.05) is 19.8 Å². The average molecular weight is 403 g/mol. The van der Waals surface area contributed by atoms with Gasteiger partial charge in [0.1, 0.15) is 19.3 Å². The van der Waals surface area contributed by atoms with Gasteiger partial charge < -0.3 is 14.8 Å². The molecule has 1 atom stereocenters. The normalized spacial score (nSPS) is 19.4. The zero-order valence-corrected chi connectivity index (χ0v) is 16.0. The summed E-state index contributed by atoms with van der Waals surface area (Å²) in [6.07, 6.45) is 2.76. The number of amides is 1. The van der Waals surface area contributed by atoms with Gasteiger partial charge in [-0.3, -0.25) is 9.78 Å². The number of fused-ring (bicyclic) bond motifs is 1. The molecule has 1 aromatic heterocycles. The van der Waals surface area contributed by atoms with Crippen molar-refractivity contribution in [2.24, 2.45) is 0 Å². The highest BCUT2D eigenvalue weighted by atomic mass is 32.2. The van der Waals surface area contributed by atoms with Crippen LogP contribution in [0.4, 0.5) is 0 Å². The quantitative estimate of drug-likeness (QED) is 0.809. The summed E-state index contributed by atoms with van der Waals surface area (Å²) in [5.74, 6) is 0.614. The summed E-state index contributed by atoms with van der Waals surface area (Å²) in [6.45, 7) is 1.37. The first-order valence-electron chi connectivity index (χ1n) is 9.15. The molecule has 148 valence electrons. The van der Waals surface area contributed by atoms with Crippen molar-refractivity contribution in [3.8, 4) is 11.5 Å². The summed E-state index contributed by atoms with van der Waals surface area (Å²) in [4.78, 5) is 16.9. The molecule has 0 saturated carbocycles. The topological polar surface area (TPSA) is 97.8 Å². The van der Waals surface area contributed by atoms with Crippen molar-refractivity contribution < 1.29 is 22.7 Å². The van der Waals surface area contributed by atoms with Crippen LogP contribution in [0.15, 0.2) is 47.5 Å². The first kappa shape index (κ1) is 18.7. The molecule has 0 aliphatic carbocycles. The Morgan fingerprint density at radius 2 is 2.00 bits per heavy atom. The summed E-state index contributed by atoms with van der Waals surface area (Å²) in [5, 5.41) is 2.79. The predicted molar refractivity (Wildman–Crippen MR) is 100 cm³/mol. The lowest BCUT2D eigenvalue weighted by Crippen LogP contribution is -2.45. The van der Waals surface area contributed by atoms with Crippen LogP contribution in [-0.2, 0) is 21.4 Å². The number of carbonyl (C=O) groups is 1. The molecule has 2 aliphatic rings. The SMILES string of the molecule is O=C(NCc1ccccn1)[C@H]1CCCN1S(=O)(=O)c1ccc2c(c1)OCCO2. The third kappa shape index (κ3) is 3.67. The van der Waals surface area contributed by atoms with Crippen LogP contribution in [0, 0.1) is 0 Å². The van der Waals surface area contributed by atoms with Gasteiger partial charge in [-0.2, -0.15) is 4.31 Å². The number of aromatic nitrogens is 1. The highest BCUT2D eigenvalue weighted by molar-refractivity contribution is 7.89. The van der Waals surface area contributed by atoms with Gasteiger partial charge in [0.15, 0.2) is 11.5 Å². The van der Waals surface area contributed by atoms with Crippen LogP contribution in [-0.4, -0.2) is 49.4 Å². The molecule has 1 amide bonds. The van der Waals surface area contributed by atoms with E-state index in [-0.39, 0.29) is 17.3 Å². The number of rotatable bonds is 5. The molecule has 2 aromatic rings. The van der Waals surface area contributed by atoms with Gasteiger partial charge in [0, 0.05) is 18.8 Å². The van der Waals surface area contributed by atoms with Crippen molar-refractivity contribution in [3.05, 3.63) is 48.3 Å². The molecule has 1 N–H and O–H groups in total. The highest BCUT2D eigenvalue weighted by Gasteiger charge is 2.39. The molecular formula is C19H21N3O5S. The second kappa shape index (κ2) is 7.76. The van der Waals surface area contributed by atoms with Crippen molar-refractivity contribution in [1.82, 2.24) is 14.6 Å². The predicted octanol–water partition coefficient (Wildman–Crippen LogP) is 1.32. The number of ether oxygens (including phenoxy) is 2. The summed E-state index contributed by atoms with van der Waals surface area (Å²) in [7, 11) is -3.83. The second-order valence-corrected chi connectivity index (χ2v) is 8.51. The molecule has 9 heteroatoms. The van der Waals surface area contributed by atoms with E-state index in [1.807, 2.05) is 6.07 Å². The fraction of sp³-hybridized carbons (Fsp3) is 0.368. The number of nitrogens with one attached hydrogen (secondary N) is 1. The molecule has 1 saturated heterocycles. The first-order chi connectivity index (χ1) is 13.6. The number of nitrogens with zero attached hydrogens (tertiary/aromatic N) is 2. The Kier molecular flexibility index (Phi) is 5.19. The largest absolute Gasteiger partial charge is 0.486 e. The van der Waals surface area contributed by atoms with Gasteiger partial charge in [0.25, 0.3) is 0 Å². The molecule has 1 fully saturated rings. The molecule has 28 heavy (non-hydrogen) atoms. The van der Waals surface area contributed by atoms with E-state index >= 15 is 0 Å². The standard InChI is InChI=1S/C19H21N3O5S/c23-19(21-13-14-4-1-2-8-20-14)16-5-3-9-22(16)28(24,25)15-6-7-17-18(12-15)27-11-10-26-17/h1-2,4,6-8,12,16H,3,5,9-11,13H2,(H,21,23)/t16-/m1/s1. The van der Waals surface area contributed by atoms with E-state index in [0.717, 1.165) is 5.69 Å². The Morgan fingerprint density at radius 1 is 1.18 bits per heavy atom. The van der Waals surface area contributed by atoms with E-state index in [1.54, 1.807) is 24.4 Å². The Bertz CT molecular complexity index is 965. The molecule has 0 radical (unpaired) electrons. The minimum Gasteiger partial charge on any atom is -0.486 e. The minimum atomic E-state index is -3.83. The van der Waals surface area contributed by atoms with Crippen LogP contribution in [0.25, 0.3) is 0 Å². The molecule has 0 spiro atoms. The maximum atomic E-state index is 13.1. The minimum absolute atomic E-state index is 0.0983. The number of sulfonamides is 1. The van der Waals surface area contributed by atoms with E-state index < -0.39 is 16.1 Å². The van der Waals surface area contributed by atoms with E-state index in [1.165, 1.54) is 16.4 Å². The summed E-state index contributed by atoms with van der Waals surface area (Å²) >= 11 is 0. The molecular weight excluding hydrogens is 382 g/mol. The van der Waals surface area contributed by atoms with Crippen LogP contribution in [0.3, 0.4) is 0 Å². The van der Waals surface area contributed by atoms with E-state index in [9.17, 15) is 13.2 Å². The number of hydrogen-bond donors (Lipinski definition) is 1. The van der Waals surface area contributed by atoms with Crippen molar-refractivity contribution >= 4 is 15.9 Å². The monoisotopic (exact) mass is 403 g/mol. The smallest absolute Gasteiger partial charge is 0.243 e. The van der Waals surface area contributed by atoms with Crippen molar-refractivity contribution in [2.45, 2.75) is 30.3 Å². The lowest BCUT2D eigenvalue weighted by Gasteiger charge is -2.24. The Labute approximate surface area is 163 Å². The Morgan fingerprint density at radius 3 is 2.79 bits per heavy atom. The Hall–Kier alpha value is -2.65. The fourth-order valence-corrected chi connectivity index (χ4v) is 5.08. The molecule has 0 unspecified atom stereocenters. The van der Waals surface area contributed by atoms with Gasteiger partial charge in [0.2, 0.25) is 15.9 Å². The Balaban J connectivity index is 1.51. The van der Waals surface area contributed by atoms with Gasteiger partial charge in [-0.25, -0.2) is 8.42 Å². The average Bonchev–Trinajstić information content (AvgIpc) is 3.23. The maximum Gasteiger partial charge on any atom is 0.243 e. The van der Waals surface area contributed by atoms with Gasteiger partial charge in [-0.1, -0.05) is 6.07 Å². The third-order valence-corrected chi connectivity index (χ3v) is 6.70. The zero-order chi connectivity index (χ0) is 19.6. The second-order valence-electron chi connectivity index (χ2n) is 6.62. The molecule has 0 bridgehead atoms. The zero-order valence-electron chi connectivity index (χ0n) is 15.2. The van der Waals surface area contributed by atoms with Crippen molar-refractivity contribution in [3.63, 3.8) is 0 Å². The molecule has 8 nitrogen and oxygen atoms in total. The summed E-state index contributed by atoms with van der Waals surface area (Å²) < 4.78 is 38.5. The third-order valence-electron chi connectivity index (χ3n) is 4.80.